The van der Waals surface area contributed by atoms with Crippen LogP contribution in [0.3, 0.4) is 0 Å². The first kappa shape index (κ1) is 20.7. The van der Waals surface area contributed by atoms with E-state index in [0.29, 0.717) is 12.6 Å². The molecule has 0 bridgehead atoms. The number of rotatable bonds is 3. The zero-order valence-electron chi connectivity index (χ0n) is 18.4. The van der Waals surface area contributed by atoms with Crippen molar-refractivity contribution in [1.29, 1.82) is 0 Å². The highest BCUT2D eigenvalue weighted by molar-refractivity contribution is 5.78. The molecule has 1 aromatic rings. The largest absolute Gasteiger partial charge is 0.486 e. The van der Waals surface area contributed by atoms with Gasteiger partial charge in [-0.25, -0.2) is 0 Å². The molecule has 0 aromatic heterocycles. The lowest BCUT2D eigenvalue weighted by molar-refractivity contribution is -0.135. The molecule has 3 aliphatic rings. The summed E-state index contributed by atoms with van der Waals surface area (Å²) in [5, 5.41) is 0. The van der Waals surface area contributed by atoms with E-state index in [2.05, 4.69) is 48.0 Å². The van der Waals surface area contributed by atoms with Gasteiger partial charge in [-0.3, -0.25) is 14.6 Å². The molecular formula is C24H37N3O2. The molecule has 0 radical (unpaired) electrons. The van der Waals surface area contributed by atoms with E-state index in [1.165, 1.54) is 18.4 Å². The molecule has 1 aliphatic carbocycles. The molecule has 1 amide bonds. The van der Waals surface area contributed by atoms with Gasteiger partial charge in [0.05, 0.1) is 6.54 Å². The number of benzene rings is 1. The van der Waals surface area contributed by atoms with Crippen LogP contribution in [0.25, 0.3) is 0 Å². The lowest BCUT2D eigenvalue weighted by atomic mass is 9.81. The predicted molar refractivity (Wildman–Crippen MR) is 116 cm³/mol. The van der Waals surface area contributed by atoms with Gasteiger partial charge in [-0.2, -0.15) is 0 Å². The van der Waals surface area contributed by atoms with Crippen LogP contribution in [0.4, 0.5) is 0 Å². The van der Waals surface area contributed by atoms with E-state index in [1.54, 1.807) is 0 Å². The van der Waals surface area contributed by atoms with E-state index < -0.39 is 0 Å². The third kappa shape index (κ3) is 4.77. The Morgan fingerprint density at radius 3 is 2.59 bits per heavy atom. The average Bonchev–Trinajstić information content (AvgIpc) is 2.84. The van der Waals surface area contributed by atoms with Crippen LogP contribution in [0.15, 0.2) is 24.3 Å². The van der Waals surface area contributed by atoms with Gasteiger partial charge in [-0.1, -0.05) is 25.1 Å². The smallest absolute Gasteiger partial charge is 0.236 e. The number of likely N-dealkylation sites (N-methyl/N-ethyl adjacent to an activating group) is 2. The zero-order chi connectivity index (χ0) is 20.4. The fraction of sp³-hybridized carbons (Fsp3) is 0.708. The predicted octanol–water partition coefficient (Wildman–Crippen LogP) is 3.38. The molecule has 2 aliphatic heterocycles. The summed E-state index contributed by atoms with van der Waals surface area (Å²) in [4.78, 5) is 19.6. The third-order valence-corrected chi connectivity index (χ3v) is 7.34. The normalized spacial score (nSPS) is 29.1. The Labute approximate surface area is 176 Å². The number of ether oxygens (including phenoxy) is 1. The fourth-order valence-electron chi connectivity index (χ4n) is 5.34. The number of piperidine rings is 1. The van der Waals surface area contributed by atoms with Crippen LogP contribution in [0.1, 0.15) is 51.0 Å². The zero-order valence-corrected chi connectivity index (χ0v) is 18.4. The van der Waals surface area contributed by atoms with Crippen LogP contribution in [0.5, 0.6) is 5.75 Å². The van der Waals surface area contributed by atoms with Crippen LogP contribution in [0, 0.1) is 5.92 Å². The fourth-order valence-corrected chi connectivity index (χ4v) is 5.34. The van der Waals surface area contributed by atoms with Crippen molar-refractivity contribution in [3.63, 3.8) is 0 Å². The second-order valence-corrected chi connectivity index (χ2v) is 9.76. The van der Waals surface area contributed by atoms with Crippen LogP contribution in [-0.2, 0) is 11.3 Å². The Hall–Kier alpha value is -1.59. The molecule has 1 aromatic carbocycles. The number of fused-ring (bicyclic) bond motifs is 1. The number of nitrogens with zero attached hydrogens (tertiary/aromatic N) is 3. The minimum Gasteiger partial charge on any atom is -0.486 e. The van der Waals surface area contributed by atoms with Crippen LogP contribution < -0.4 is 4.74 Å². The van der Waals surface area contributed by atoms with Gasteiger partial charge in [-0.15, -0.1) is 0 Å². The molecule has 1 saturated heterocycles. The summed E-state index contributed by atoms with van der Waals surface area (Å²) in [6, 6.07) is 8.78. The molecule has 2 heterocycles. The van der Waals surface area contributed by atoms with Gasteiger partial charge in [0.25, 0.3) is 0 Å². The van der Waals surface area contributed by atoms with Crippen molar-refractivity contribution >= 4 is 5.91 Å². The van der Waals surface area contributed by atoms with Gasteiger partial charge < -0.3 is 9.64 Å². The SMILES string of the molecule is CC1CCN(CC(=O)N(C)C2CCC3(CC2)CN(C)Cc2ccccc2O3)CC1. The second-order valence-electron chi connectivity index (χ2n) is 9.76. The topological polar surface area (TPSA) is 36.0 Å². The molecule has 4 rings (SSSR count). The summed E-state index contributed by atoms with van der Waals surface area (Å²) < 4.78 is 6.62. The molecule has 0 N–H and O–H groups in total. The van der Waals surface area contributed by atoms with E-state index in [1.807, 2.05) is 11.9 Å². The molecule has 29 heavy (non-hydrogen) atoms. The summed E-state index contributed by atoms with van der Waals surface area (Å²) in [7, 11) is 4.20. The molecule has 160 valence electrons. The Kier molecular flexibility index (Phi) is 6.16. The molecule has 1 saturated carbocycles. The molecule has 0 atom stereocenters. The summed E-state index contributed by atoms with van der Waals surface area (Å²) in [5.74, 6) is 2.13. The molecule has 5 nitrogen and oxygen atoms in total. The number of likely N-dealkylation sites (tertiary alicyclic amines) is 1. The van der Waals surface area contributed by atoms with Crippen LogP contribution >= 0.6 is 0 Å². The first-order chi connectivity index (χ1) is 13.9. The van der Waals surface area contributed by atoms with Crippen LogP contribution in [0.2, 0.25) is 0 Å². The van der Waals surface area contributed by atoms with Gasteiger partial charge in [0.2, 0.25) is 5.91 Å². The third-order valence-electron chi connectivity index (χ3n) is 7.34. The number of carbonyl (C=O) groups is 1. The number of hydrogen-bond acceptors (Lipinski definition) is 4. The van der Waals surface area contributed by atoms with Crippen molar-refractivity contribution in [3.05, 3.63) is 29.8 Å². The van der Waals surface area contributed by atoms with Gasteiger partial charge in [-0.05, 0) is 70.6 Å². The number of carbonyl (C=O) groups excluding carboxylic acids is 1. The van der Waals surface area contributed by atoms with Crippen molar-refractivity contribution < 1.29 is 9.53 Å². The molecule has 0 unspecified atom stereocenters. The lowest BCUT2D eigenvalue weighted by Gasteiger charge is -2.43. The van der Waals surface area contributed by atoms with E-state index in [-0.39, 0.29) is 11.5 Å². The first-order valence-corrected chi connectivity index (χ1v) is 11.4. The van der Waals surface area contributed by atoms with Crippen molar-refractivity contribution in [2.24, 2.45) is 5.92 Å². The minimum absolute atomic E-state index is 0.120. The van der Waals surface area contributed by atoms with Gasteiger partial charge in [0, 0.05) is 31.7 Å². The summed E-state index contributed by atoms with van der Waals surface area (Å²) in [6.07, 6.45) is 6.50. The Morgan fingerprint density at radius 2 is 1.86 bits per heavy atom. The number of para-hydroxylation sites is 1. The quantitative estimate of drug-likeness (QED) is 0.781. The summed E-state index contributed by atoms with van der Waals surface area (Å²) in [6.45, 7) is 6.92. The van der Waals surface area contributed by atoms with Crippen molar-refractivity contribution in [1.82, 2.24) is 14.7 Å². The minimum atomic E-state index is -0.120. The Balaban J connectivity index is 1.34. The lowest BCUT2D eigenvalue weighted by Crippen LogP contribution is -2.52. The number of hydrogen-bond donors (Lipinski definition) is 0. The van der Waals surface area contributed by atoms with Gasteiger partial charge >= 0.3 is 0 Å². The molecular weight excluding hydrogens is 362 g/mol. The second kappa shape index (κ2) is 8.65. The molecule has 1 spiro atoms. The van der Waals surface area contributed by atoms with E-state index in [0.717, 1.165) is 63.5 Å². The highest BCUT2D eigenvalue weighted by atomic mass is 16.5. The van der Waals surface area contributed by atoms with Gasteiger partial charge in [0.1, 0.15) is 11.4 Å². The van der Waals surface area contributed by atoms with Gasteiger partial charge in [0.15, 0.2) is 0 Å². The summed E-state index contributed by atoms with van der Waals surface area (Å²) >= 11 is 0. The van der Waals surface area contributed by atoms with Crippen molar-refractivity contribution in [2.75, 3.05) is 40.3 Å². The maximum Gasteiger partial charge on any atom is 0.236 e. The average molecular weight is 400 g/mol. The summed E-state index contributed by atoms with van der Waals surface area (Å²) in [5.41, 5.74) is 1.15. The number of amides is 1. The maximum atomic E-state index is 12.9. The van der Waals surface area contributed by atoms with Crippen molar-refractivity contribution in [3.8, 4) is 5.75 Å². The standard InChI is InChI=1S/C24H37N3O2/c1-19-10-14-27(15-11-19)17-23(28)26(3)21-8-12-24(13-9-21)18-25(2)16-20-6-4-5-7-22(20)29-24/h4-7,19,21H,8-18H2,1-3H3. The first-order valence-electron chi connectivity index (χ1n) is 11.4. The highest BCUT2D eigenvalue weighted by Crippen LogP contribution is 2.39. The Morgan fingerprint density at radius 1 is 1.17 bits per heavy atom. The molecule has 2 fully saturated rings. The van der Waals surface area contributed by atoms with Crippen LogP contribution in [-0.4, -0.2) is 72.5 Å². The van der Waals surface area contributed by atoms with E-state index in [4.69, 9.17) is 4.74 Å². The highest BCUT2D eigenvalue weighted by Gasteiger charge is 2.41. The van der Waals surface area contributed by atoms with E-state index >= 15 is 0 Å². The monoisotopic (exact) mass is 399 g/mol. The van der Waals surface area contributed by atoms with Crippen molar-refractivity contribution in [2.45, 2.75) is 63.6 Å². The maximum absolute atomic E-state index is 12.9. The van der Waals surface area contributed by atoms with E-state index in [9.17, 15) is 4.79 Å². The Bertz CT molecular complexity index is 706. The molecule has 5 heteroatoms.